The molecule has 1 fully saturated rings. The average molecular weight is 633 g/mol. The van der Waals surface area contributed by atoms with Crippen LogP contribution in [0.4, 0.5) is 22.4 Å². The minimum absolute atomic E-state index is 0.0319. The van der Waals surface area contributed by atoms with Gasteiger partial charge in [-0.2, -0.15) is 13.2 Å². The zero-order valence-electron chi connectivity index (χ0n) is 24.6. The van der Waals surface area contributed by atoms with E-state index < -0.39 is 65.4 Å². The second-order valence-corrected chi connectivity index (χ2v) is 10.6. The molecule has 9 nitrogen and oxygen atoms in total. The lowest BCUT2D eigenvalue weighted by Gasteiger charge is -2.29. The van der Waals surface area contributed by atoms with Gasteiger partial charge in [0.15, 0.2) is 6.10 Å². The average Bonchev–Trinajstić information content (AvgIpc) is 3.36. The first-order valence-electron chi connectivity index (χ1n) is 14.0. The normalized spacial score (nSPS) is 16.3. The summed E-state index contributed by atoms with van der Waals surface area (Å²) in [5, 5.41) is 13.8. The number of ether oxygens (including phenoxy) is 3. The molecule has 1 aliphatic heterocycles. The zero-order valence-corrected chi connectivity index (χ0v) is 24.6. The fourth-order valence-electron chi connectivity index (χ4n) is 4.91. The van der Waals surface area contributed by atoms with Gasteiger partial charge in [-0.25, -0.2) is 14.1 Å². The number of imide groups is 1. The number of carbonyl (C=O) groups excluding carboxylic acids is 3. The Morgan fingerprint density at radius 2 is 1.80 bits per heavy atom. The Kier molecular flexibility index (Phi) is 10.5. The Labute approximate surface area is 256 Å². The summed E-state index contributed by atoms with van der Waals surface area (Å²) in [6, 6.07) is 14.5. The topological polar surface area (TPSA) is 114 Å². The summed E-state index contributed by atoms with van der Waals surface area (Å²) in [7, 11) is 1.35. The van der Waals surface area contributed by atoms with Gasteiger partial charge in [-0.1, -0.05) is 36.4 Å². The highest BCUT2D eigenvalue weighted by molar-refractivity contribution is 5.96. The van der Waals surface area contributed by atoms with Crippen LogP contribution in [0.1, 0.15) is 52.6 Å². The van der Waals surface area contributed by atoms with Crippen molar-refractivity contribution in [2.75, 3.05) is 13.7 Å². The van der Waals surface area contributed by atoms with Crippen molar-refractivity contribution in [2.45, 2.75) is 57.3 Å². The fourth-order valence-corrected chi connectivity index (χ4v) is 4.91. The van der Waals surface area contributed by atoms with Crippen LogP contribution in [0.2, 0.25) is 0 Å². The monoisotopic (exact) mass is 632 g/mol. The van der Waals surface area contributed by atoms with Gasteiger partial charge in [-0.15, -0.1) is 0 Å². The Hall–Kier alpha value is -4.49. The Bertz CT molecular complexity index is 1530. The number of aliphatic hydroxyl groups excluding tert-OH is 1. The number of cyclic esters (lactones) is 1. The number of carbonyl (C=O) groups is 3. The van der Waals surface area contributed by atoms with Crippen molar-refractivity contribution in [3.63, 3.8) is 0 Å². The third-order valence-electron chi connectivity index (χ3n) is 7.09. The van der Waals surface area contributed by atoms with E-state index in [1.165, 1.54) is 25.3 Å². The van der Waals surface area contributed by atoms with Gasteiger partial charge in [0, 0.05) is 12.1 Å². The van der Waals surface area contributed by atoms with E-state index in [1.54, 1.807) is 13.8 Å². The van der Waals surface area contributed by atoms with Crippen molar-refractivity contribution in [2.24, 2.45) is 0 Å². The molecule has 45 heavy (non-hydrogen) atoms. The number of rotatable bonds is 11. The molecule has 0 radical (unpaired) electrons. The number of aliphatic hydroxyl groups is 1. The number of benzene rings is 3. The van der Waals surface area contributed by atoms with Crippen LogP contribution in [-0.2, 0) is 33.4 Å². The number of hydrogen-bond acceptors (Lipinski definition) is 7. The van der Waals surface area contributed by atoms with E-state index in [4.69, 9.17) is 14.2 Å². The highest BCUT2D eigenvalue weighted by Gasteiger charge is 2.44. The predicted octanol–water partition coefficient (Wildman–Crippen LogP) is 5.20. The summed E-state index contributed by atoms with van der Waals surface area (Å²) in [4.78, 5) is 40.0. The summed E-state index contributed by atoms with van der Waals surface area (Å²) < 4.78 is 69.3. The van der Waals surface area contributed by atoms with Crippen LogP contribution in [0.3, 0.4) is 0 Å². The molecule has 1 heterocycles. The van der Waals surface area contributed by atoms with Crippen molar-refractivity contribution < 1.29 is 51.3 Å². The van der Waals surface area contributed by atoms with Gasteiger partial charge >= 0.3 is 12.3 Å². The number of halogens is 4. The number of nitrogens with one attached hydrogen (secondary N) is 1. The second kappa shape index (κ2) is 14.1. The maximum Gasteiger partial charge on any atom is 0.417 e. The molecule has 0 aliphatic carbocycles. The molecule has 0 saturated carbocycles. The fraction of sp³-hybridized carbons (Fsp3) is 0.344. The van der Waals surface area contributed by atoms with Gasteiger partial charge in [-0.3, -0.25) is 9.59 Å². The minimum Gasteiger partial charge on any atom is -0.496 e. The zero-order chi connectivity index (χ0) is 32.9. The van der Waals surface area contributed by atoms with Crippen LogP contribution in [0.25, 0.3) is 0 Å². The van der Waals surface area contributed by atoms with E-state index in [0.29, 0.717) is 18.1 Å². The molecular weight excluding hydrogens is 600 g/mol. The Morgan fingerprint density at radius 3 is 2.42 bits per heavy atom. The first kappa shape index (κ1) is 33.4. The summed E-state index contributed by atoms with van der Waals surface area (Å²) in [6.45, 7) is 3.01. The second-order valence-electron chi connectivity index (χ2n) is 10.6. The maximum absolute atomic E-state index is 14.3. The quantitative estimate of drug-likeness (QED) is 0.280. The largest absolute Gasteiger partial charge is 0.496 e. The number of amides is 3. The smallest absolute Gasteiger partial charge is 0.417 e. The van der Waals surface area contributed by atoms with Gasteiger partial charge in [0.25, 0.3) is 11.8 Å². The molecule has 0 bridgehead atoms. The summed E-state index contributed by atoms with van der Waals surface area (Å²) in [5.41, 5.74) is -0.489. The Balaban J connectivity index is 1.55. The number of nitrogens with zero attached hydrogens (tertiary/aromatic N) is 1. The first-order chi connectivity index (χ1) is 21.3. The summed E-state index contributed by atoms with van der Waals surface area (Å²) >= 11 is 0. The minimum atomic E-state index is -4.78. The highest BCUT2D eigenvalue weighted by Crippen LogP contribution is 2.31. The molecule has 3 amide bonds. The molecule has 0 unspecified atom stereocenters. The molecule has 13 heteroatoms. The molecule has 1 saturated heterocycles. The molecule has 3 aromatic rings. The third-order valence-corrected chi connectivity index (χ3v) is 7.09. The van der Waals surface area contributed by atoms with Crippen LogP contribution in [0.15, 0.2) is 66.7 Å². The molecular formula is C32H32F4N2O7. The van der Waals surface area contributed by atoms with E-state index in [0.717, 1.165) is 16.5 Å². The van der Waals surface area contributed by atoms with Gasteiger partial charge in [0.05, 0.1) is 30.4 Å². The SMILES string of the molecule is COc1ccc([C@@H](O)[C@H](OC(C)C)C(=O)N2C(=O)OC[C@@H]2Cc2ccccc2)cc1CNC(=O)c1ccc(C(F)(F)F)cc1F. The molecule has 4 rings (SSSR count). The van der Waals surface area contributed by atoms with Gasteiger partial charge in [-0.05, 0) is 61.7 Å². The van der Waals surface area contributed by atoms with Crippen LogP contribution in [0.5, 0.6) is 5.75 Å². The molecule has 3 atom stereocenters. The molecule has 240 valence electrons. The van der Waals surface area contributed by atoms with Crippen LogP contribution in [0, 0.1) is 5.82 Å². The van der Waals surface area contributed by atoms with Crippen LogP contribution in [-0.4, -0.2) is 59.9 Å². The van der Waals surface area contributed by atoms with Crippen molar-refractivity contribution in [3.05, 3.63) is 100 Å². The maximum atomic E-state index is 14.3. The molecule has 2 N–H and O–H groups in total. The van der Waals surface area contributed by atoms with Gasteiger partial charge in [0.2, 0.25) is 0 Å². The predicted molar refractivity (Wildman–Crippen MR) is 153 cm³/mol. The first-order valence-corrected chi connectivity index (χ1v) is 14.0. The van der Waals surface area contributed by atoms with E-state index in [-0.39, 0.29) is 30.5 Å². The number of methoxy groups -OCH3 is 1. The van der Waals surface area contributed by atoms with Crippen molar-refractivity contribution in [1.82, 2.24) is 10.2 Å². The van der Waals surface area contributed by atoms with E-state index in [1.807, 2.05) is 30.3 Å². The van der Waals surface area contributed by atoms with Crippen molar-refractivity contribution in [1.29, 1.82) is 0 Å². The van der Waals surface area contributed by atoms with Gasteiger partial charge < -0.3 is 24.6 Å². The molecule has 3 aromatic carbocycles. The van der Waals surface area contributed by atoms with Crippen LogP contribution >= 0.6 is 0 Å². The summed E-state index contributed by atoms with van der Waals surface area (Å²) in [5.74, 6) is -2.87. The van der Waals surface area contributed by atoms with Crippen LogP contribution < -0.4 is 10.1 Å². The molecule has 1 aliphatic rings. The Morgan fingerprint density at radius 1 is 1.09 bits per heavy atom. The van der Waals surface area contributed by atoms with Crippen molar-refractivity contribution >= 4 is 17.9 Å². The molecule has 0 spiro atoms. The lowest BCUT2D eigenvalue weighted by Crippen LogP contribution is -2.49. The highest BCUT2D eigenvalue weighted by atomic mass is 19.4. The van der Waals surface area contributed by atoms with Gasteiger partial charge in [0.1, 0.15) is 24.3 Å². The van der Waals surface area contributed by atoms with E-state index in [9.17, 15) is 37.1 Å². The number of hydrogen-bond donors (Lipinski definition) is 2. The van der Waals surface area contributed by atoms with E-state index in [2.05, 4.69) is 5.32 Å². The molecule has 0 aromatic heterocycles. The van der Waals surface area contributed by atoms with Crippen molar-refractivity contribution in [3.8, 4) is 5.75 Å². The van der Waals surface area contributed by atoms with E-state index >= 15 is 0 Å². The standard InChI is InChI=1S/C32H32F4N2O7/c1-18(2)45-28(30(41)38-23(17-44-31(38)42)13-19-7-5-4-6-8-19)27(39)20-9-12-26(43-3)21(14-20)16-37-29(40)24-11-10-22(15-25(24)33)32(34,35)36/h4-12,14-15,18,23,27-28,39H,13,16-17H2,1-3H3,(H,37,40)/t23-,27+,28-/m0/s1. The lowest BCUT2D eigenvalue weighted by atomic mass is 9.99. The third kappa shape index (κ3) is 7.97. The summed E-state index contributed by atoms with van der Waals surface area (Å²) in [6.07, 6.45) is -8.95. The number of alkyl halides is 3. The lowest BCUT2D eigenvalue weighted by molar-refractivity contribution is -0.154.